The first-order valence-corrected chi connectivity index (χ1v) is 10.6. The molecule has 1 aliphatic rings. The van der Waals surface area contributed by atoms with Gasteiger partial charge in [-0.25, -0.2) is 4.98 Å². The minimum Gasteiger partial charge on any atom is -0.496 e. The highest BCUT2D eigenvalue weighted by Crippen LogP contribution is 2.35. The number of ether oxygens (including phenoxy) is 1. The highest BCUT2D eigenvalue weighted by molar-refractivity contribution is 5.59. The second kappa shape index (κ2) is 8.90. The quantitative estimate of drug-likeness (QED) is 0.554. The van der Waals surface area contributed by atoms with Crippen molar-refractivity contribution in [3.05, 3.63) is 81.3 Å². The van der Waals surface area contributed by atoms with Gasteiger partial charge in [0.1, 0.15) is 5.75 Å². The van der Waals surface area contributed by atoms with Crippen LogP contribution in [0.15, 0.2) is 53.3 Å². The van der Waals surface area contributed by atoms with Gasteiger partial charge in [-0.15, -0.1) is 0 Å². The first-order valence-electron chi connectivity index (χ1n) is 10.6. The maximum atomic E-state index is 13.4. The minimum absolute atomic E-state index is 0.179. The minimum atomic E-state index is -4.47. The number of anilines is 2. The fourth-order valence-corrected chi connectivity index (χ4v) is 4.16. The first-order chi connectivity index (χ1) is 15.7. The molecule has 9 heteroatoms. The van der Waals surface area contributed by atoms with Crippen molar-refractivity contribution < 1.29 is 17.9 Å². The summed E-state index contributed by atoms with van der Waals surface area (Å²) in [4.78, 5) is 21.5. The third kappa shape index (κ3) is 4.45. The van der Waals surface area contributed by atoms with Crippen LogP contribution in [0.4, 0.5) is 24.8 Å². The van der Waals surface area contributed by atoms with E-state index in [2.05, 4.69) is 4.98 Å². The zero-order chi connectivity index (χ0) is 23.8. The number of aromatic nitrogens is 2. The zero-order valence-electron chi connectivity index (χ0n) is 18.7. The number of halogens is 3. The van der Waals surface area contributed by atoms with Crippen LogP contribution in [0.25, 0.3) is 0 Å². The maximum absolute atomic E-state index is 13.4. The zero-order valence-corrected chi connectivity index (χ0v) is 18.7. The number of rotatable bonds is 5. The summed E-state index contributed by atoms with van der Waals surface area (Å²) in [6.45, 7) is 4.62. The summed E-state index contributed by atoms with van der Waals surface area (Å²) in [5.41, 5.74) is 1.49. The van der Waals surface area contributed by atoms with E-state index in [9.17, 15) is 18.0 Å². The van der Waals surface area contributed by atoms with Crippen LogP contribution in [-0.2, 0) is 25.8 Å². The molecule has 3 aromatic rings. The van der Waals surface area contributed by atoms with Gasteiger partial charge in [0.05, 0.1) is 26.0 Å². The lowest BCUT2D eigenvalue weighted by molar-refractivity contribution is -0.137. The summed E-state index contributed by atoms with van der Waals surface area (Å²) in [5, 5.41) is 0. The van der Waals surface area contributed by atoms with Crippen LogP contribution in [0.2, 0.25) is 0 Å². The van der Waals surface area contributed by atoms with Crippen molar-refractivity contribution in [2.75, 3.05) is 18.7 Å². The topological polar surface area (TPSA) is 50.6 Å². The van der Waals surface area contributed by atoms with Gasteiger partial charge >= 0.3 is 6.18 Å². The van der Waals surface area contributed by atoms with Gasteiger partial charge in [-0.1, -0.05) is 31.2 Å². The Balaban J connectivity index is 1.81. The van der Waals surface area contributed by atoms with E-state index in [0.29, 0.717) is 41.6 Å². The van der Waals surface area contributed by atoms with Gasteiger partial charge < -0.3 is 4.74 Å². The largest absolute Gasteiger partial charge is 0.496 e. The number of alkyl halides is 3. The predicted octanol–water partition coefficient (Wildman–Crippen LogP) is 4.71. The van der Waals surface area contributed by atoms with Gasteiger partial charge in [-0.3, -0.25) is 19.2 Å². The number of para-hydroxylation sites is 1. The molecule has 0 amide bonds. The summed E-state index contributed by atoms with van der Waals surface area (Å²) < 4.78 is 47.2. The van der Waals surface area contributed by atoms with E-state index >= 15 is 0 Å². The number of hydrogen-bond donors (Lipinski definition) is 0. The number of nitrogens with zero attached hydrogens (tertiary/aromatic N) is 4. The molecule has 1 aliphatic heterocycles. The van der Waals surface area contributed by atoms with E-state index in [1.165, 1.54) is 10.6 Å². The van der Waals surface area contributed by atoms with Gasteiger partial charge in [-0.2, -0.15) is 13.2 Å². The predicted molar refractivity (Wildman–Crippen MR) is 120 cm³/mol. The molecular formula is C24H25F3N4O2. The van der Waals surface area contributed by atoms with Gasteiger partial charge in [-0.05, 0) is 37.6 Å². The molecule has 2 heterocycles. The molecule has 0 unspecified atom stereocenters. The van der Waals surface area contributed by atoms with E-state index in [1.807, 2.05) is 36.1 Å². The number of methoxy groups -OCH3 is 1. The summed E-state index contributed by atoms with van der Waals surface area (Å²) >= 11 is 0. The van der Waals surface area contributed by atoms with Crippen LogP contribution >= 0.6 is 0 Å². The second-order valence-corrected chi connectivity index (χ2v) is 7.96. The molecular weight excluding hydrogens is 433 g/mol. The highest BCUT2D eigenvalue weighted by Gasteiger charge is 2.33. The molecule has 1 aromatic heterocycles. The highest BCUT2D eigenvalue weighted by atomic mass is 19.4. The molecule has 4 rings (SSSR count). The van der Waals surface area contributed by atoms with E-state index in [4.69, 9.17) is 4.74 Å². The molecule has 0 fully saturated rings. The molecule has 174 valence electrons. The van der Waals surface area contributed by atoms with Crippen LogP contribution in [-0.4, -0.2) is 28.2 Å². The number of aryl methyl sites for hydroxylation is 1. The first kappa shape index (κ1) is 22.8. The third-order valence-corrected chi connectivity index (χ3v) is 5.80. The Hall–Kier alpha value is -3.33. The molecule has 6 nitrogen and oxygen atoms in total. The van der Waals surface area contributed by atoms with Gasteiger partial charge in [0.2, 0.25) is 5.95 Å². The molecule has 0 radical (unpaired) electrons. The van der Waals surface area contributed by atoms with Gasteiger partial charge in [0.15, 0.2) is 0 Å². The van der Waals surface area contributed by atoms with Crippen LogP contribution in [0.5, 0.6) is 5.75 Å². The lowest BCUT2D eigenvalue weighted by Crippen LogP contribution is -2.47. The lowest BCUT2D eigenvalue weighted by Gasteiger charge is -2.38. The van der Waals surface area contributed by atoms with Crippen molar-refractivity contribution in [3.8, 4) is 5.75 Å². The summed E-state index contributed by atoms with van der Waals surface area (Å²) in [7, 11) is 1.59. The summed E-state index contributed by atoms with van der Waals surface area (Å²) in [6.07, 6.45) is -3.95. The lowest BCUT2D eigenvalue weighted by atomic mass is 10.1. The van der Waals surface area contributed by atoms with Crippen molar-refractivity contribution in [1.29, 1.82) is 0 Å². The summed E-state index contributed by atoms with van der Waals surface area (Å²) in [5.74, 6) is 1.04. The molecule has 0 saturated carbocycles. The van der Waals surface area contributed by atoms with Crippen LogP contribution in [0.1, 0.15) is 29.3 Å². The van der Waals surface area contributed by atoms with Crippen LogP contribution < -0.4 is 15.2 Å². The molecule has 0 aliphatic carbocycles. The Morgan fingerprint density at radius 3 is 2.55 bits per heavy atom. The average molecular weight is 458 g/mol. The van der Waals surface area contributed by atoms with Crippen molar-refractivity contribution >= 4 is 11.6 Å². The number of hydrogen-bond acceptors (Lipinski definition) is 5. The Labute approximate surface area is 189 Å². The van der Waals surface area contributed by atoms with E-state index in [-0.39, 0.29) is 18.9 Å². The van der Waals surface area contributed by atoms with E-state index in [1.54, 1.807) is 25.0 Å². The fraction of sp³-hybridized carbons (Fsp3) is 0.333. The normalized spacial score (nSPS) is 14.3. The van der Waals surface area contributed by atoms with Gasteiger partial charge in [0, 0.05) is 29.1 Å². The molecule has 0 spiro atoms. The second-order valence-electron chi connectivity index (χ2n) is 7.96. The van der Waals surface area contributed by atoms with Crippen molar-refractivity contribution in [2.45, 2.75) is 39.7 Å². The molecule has 33 heavy (non-hydrogen) atoms. The van der Waals surface area contributed by atoms with Crippen LogP contribution in [0, 0.1) is 6.92 Å². The van der Waals surface area contributed by atoms with Crippen molar-refractivity contribution in [1.82, 2.24) is 14.5 Å². The molecule has 0 saturated heterocycles. The molecule has 0 N–H and O–H groups in total. The Kier molecular flexibility index (Phi) is 6.16. The van der Waals surface area contributed by atoms with E-state index in [0.717, 1.165) is 17.7 Å². The molecule has 2 aromatic carbocycles. The van der Waals surface area contributed by atoms with Crippen molar-refractivity contribution in [3.63, 3.8) is 0 Å². The average Bonchev–Trinajstić information content (AvgIpc) is 2.79. The summed E-state index contributed by atoms with van der Waals surface area (Å²) in [6, 6.07) is 12.6. The van der Waals surface area contributed by atoms with Crippen LogP contribution in [0.3, 0.4) is 0 Å². The Bertz CT molecular complexity index is 1220. The van der Waals surface area contributed by atoms with Crippen molar-refractivity contribution in [2.24, 2.45) is 0 Å². The third-order valence-electron chi connectivity index (χ3n) is 5.80. The smallest absolute Gasteiger partial charge is 0.416 e. The Morgan fingerprint density at radius 2 is 1.85 bits per heavy atom. The molecule has 0 bridgehead atoms. The maximum Gasteiger partial charge on any atom is 0.416 e. The van der Waals surface area contributed by atoms with E-state index < -0.39 is 11.7 Å². The fourth-order valence-electron chi connectivity index (χ4n) is 4.16. The number of fused-ring (bicyclic) bond motifs is 1. The SMILES string of the molecule is CCc1c(C)nc2n(c1=O)CN(Cc1ccccc1OC)CN2c1cccc(C(F)(F)F)c1. The molecule has 0 atom stereocenters. The monoisotopic (exact) mass is 458 g/mol. The Morgan fingerprint density at radius 1 is 1.09 bits per heavy atom. The van der Waals surface area contributed by atoms with Gasteiger partial charge in [0.25, 0.3) is 5.56 Å². The number of benzene rings is 2. The standard InChI is InChI=1S/C24H25F3N4O2/c1-4-20-16(2)28-23-30(19-10-7-9-18(12-19)24(25,26)27)14-29(15-31(23)22(20)32)13-17-8-5-6-11-21(17)33-3/h5-12H,4,13-15H2,1-3H3.